The minimum absolute atomic E-state index is 0.00174. The number of anilines is 2. The van der Waals surface area contributed by atoms with Gasteiger partial charge in [-0.3, -0.25) is 4.79 Å². The molecule has 0 N–H and O–H groups in total. The molecule has 5 rings (SSSR count). The molecule has 3 aliphatic heterocycles. The largest absolute Gasteiger partial charge is 0.487 e. The Morgan fingerprint density at radius 2 is 1.82 bits per heavy atom. The second-order valence-electron chi connectivity index (χ2n) is 8.94. The minimum atomic E-state index is -4.78. The van der Waals surface area contributed by atoms with Crippen LogP contribution in [0.15, 0.2) is 42.5 Å². The smallest absolute Gasteiger partial charge is 0.361 e. The van der Waals surface area contributed by atoms with Crippen molar-refractivity contribution in [1.82, 2.24) is 4.90 Å². The fraction of sp³-hybridized carbons (Fsp3) is 0.458. The van der Waals surface area contributed by atoms with Crippen LogP contribution in [0.5, 0.6) is 0 Å². The fourth-order valence-electron chi connectivity index (χ4n) is 5.57. The van der Waals surface area contributed by atoms with E-state index in [0.717, 1.165) is 18.5 Å². The van der Waals surface area contributed by atoms with Crippen LogP contribution in [0.3, 0.4) is 0 Å². The molecule has 1 fully saturated rings. The predicted molar refractivity (Wildman–Crippen MR) is 115 cm³/mol. The zero-order valence-electron chi connectivity index (χ0n) is 17.9. The quantitative estimate of drug-likeness (QED) is 0.349. The van der Waals surface area contributed by atoms with Crippen molar-refractivity contribution in [3.8, 4) is 0 Å². The topological polar surface area (TPSA) is 26.8 Å². The Kier molecular flexibility index (Phi) is 5.55. The monoisotopic (exact) mass is 465 g/mol. The molecule has 3 aliphatic rings. The van der Waals surface area contributed by atoms with Crippen LogP contribution in [0.4, 0.5) is 33.3 Å². The summed E-state index contributed by atoms with van der Waals surface area (Å²) in [6.07, 6.45) is -5.21. The van der Waals surface area contributed by atoms with Gasteiger partial charge in [-0.25, -0.2) is 13.7 Å². The molecule has 2 aromatic carbocycles. The lowest BCUT2D eigenvalue weighted by molar-refractivity contribution is -0.142. The number of Topliss-reactive ketones (excluding diaryl/α,β-unsaturated/α-hetero) is 1. The van der Waals surface area contributed by atoms with Gasteiger partial charge in [0.1, 0.15) is 5.82 Å². The molecule has 176 valence electrons. The highest BCUT2D eigenvalue weighted by Crippen LogP contribution is 2.53. The third-order valence-corrected chi connectivity index (χ3v) is 7.00. The predicted octanol–water partition coefficient (Wildman–Crippen LogP) is 5.10. The molecule has 3 heterocycles. The van der Waals surface area contributed by atoms with Gasteiger partial charge in [-0.2, -0.15) is 0 Å². The van der Waals surface area contributed by atoms with Crippen molar-refractivity contribution in [3.63, 3.8) is 0 Å². The number of likely N-dealkylation sites (tertiary alicyclic amines) is 1. The van der Waals surface area contributed by atoms with Gasteiger partial charge in [0, 0.05) is 37.0 Å². The number of carbonyl (C=O) groups is 1. The Labute approximate surface area is 188 Å². The maximum atomic E-state index is 14.6. The molecular formula is C24H24F5N3O. The number of fused-ring (bicyclic) bond motifs is 3. The average Bonchev–Trinajstić information content (AvgIpc) is 3.07. The number of ketones is 1. The second kappa shape index (κ2) is 8.27. The molecule has 4 nitrogen and oxygen atoms in total. The van der Waals surface area contributed by atoms with Crippen LogP contribution in [0.1, 0.15) is 41.1 Å². The molecule has 33 heavy (non-hydrogen) atoms. The van der Waals surface area contributed by atoms with Crippen LogP contribution in [0.2, 0.25) is 0 Å². The molecule has 9 heteroatoms. The molecule has 0 bridgehead atoms. The number of piperidine rings is 1. The van der Waals surface area contributed by atoms with Crippen LogP contribution in [-0.2, 0) is 0 Å². The second-order valence-corrected chi connectivity index (χ2v) is 8.94. The first-order valence-corrected chi connectivity index (χ1v) is 11.1. The standard InChI is InChI=1S/C24H24F5N3O/c25-16-8-6-15(7-9-16)21(33)5-2-11-30-12-10-19-18(13-30)17-3-1-4-20-23(17)31(19)14-22(26)32(20)24(27,28)29/h1,3-4,6-9,18-19,22H,2,5,10-14H2/t18-,19-,22?/m0/s1. The van der Waals surface area contributed by atoms with E-state index in [1.165, 1.54) is 30.3 Å². The Hall–Kier alpha value is -2.68. The van der Waals surface area contributed by atoms with Crippen molar-refractivity contribution < 1.29 is 26.7 Å². The highest BCUT2D eigenvalue weighted by molar-refractivity contribution is 5.95. The number of nitrogens with zero attached hydrogens (tertiary/aromatic N) is 3. The summed E-state index contributed by atoms with van der Waals surface area (Å²) in [5.41, 5.74) is 1.72. The average molecular weight is 465 g/mol. The molecule has 0 saturated carbocycles. The SMILES string of the molecule is O=C(CCCN1CC[C@H]2[C@@H](C1)c1cccc3c1N2CC(F)N3C(F)(F)F)c1ccc(F)cc1. The molecule has 2 aromatic rings. The molecule has 0 amide bonds. The number of hydrogen-bond acceptors (Lipinski definition) is 4. The Bertz CT molecular complexity index is 1040. The first kappa shape index (κ1) is 22.1. The summed E-state index contributed by atoms with van der Waals surface area (Å²) < 4.78 is 68.3. The number of benzene rings is 2. The van der Waals surface area contributed by atoms with E-state index in [-0.39, 0.29) is 40.7 Å². The maximum absolute atomic E-state index is 14.6. The van der Waals surface area contributed by atoms with Gasteiger partial charge >= 0.3 is 6.30 Å². The van der Waals surface area contributed by atoms with Crippen molar-refractivity contribution in [2.24, 2.45) is 0 Å². The lowest BCUT2D eigenvalue weighted by Gasteiger charge is -2.44. The van der Waals surface area contributed by atoms with Crippen LogP contribution in [0.25, 0.3) is 0 Å². The molecule has 0 aromatic heterocycles. The summed E-state index contributed by atoms with van der Waals surface area (Å²) in [5.74, 6) is -0.425. The van der Waals surface area contributed by atoms with Crippen LogP contribution < -0.4 is 9.80 Å². The third-order valence-electron chi connectivity index (χ3n) is 7.00. The van der Waals surface area contributed by atoms with E-state index in [9.17, 15) is 26.7 Å². The highest BCUT2D eigenvalue weighted by atomic mass is 19.4. The van der Waals surface area contributed by atoms with Crippen LogP contribution in [0, 0.1) is 5.82 Å². The summed E-state index contributed by atoms with van der Waals surface area (Å²) in [4.78, 5) is 16.3. The van der Waals surface area contributed by atoms with Gasteiger partial charge in [0.25, 0.3) is 0 Å². The van der Waals surface area contributed by atoms with E-state index in [0.29, 0.717) is 37.2 Å². The third kappa shape index (κ3) is 3.96. The van der Waals surface area contributed by atoms with Crippen molar-refractivity contribution in [3.05, 3.63) is 59.4 Å². The van der Waals surface area contributed by atoms with Crippen molar-refractivity contribution in [2.75, 3.05) is 36.0 Å². The first-order valence-electron chi connectivity index (χ1n) is 11.1. The van der Waals surface area contributed by atoms with Crippen molar-refractivity contribution in [1.29, 1.82) is 0 Å². The number of rotatable bonds is 5. The van der Waals surface area contributed by atoms with E-state index in [1.807, 2.05) is 11.0 Å². The van der Waals surface area contributed by atoms with Gasteiger partial charge in [0.2, 0.25) is 0 Å². The maximum Gasteiger partial charge on any atom is 0.487 e. The molecule has 1 unspecified atom stereocenters. The normalized spacial score (nSPS) is 24.6. The molecule has 0 spiro atoms. The van der Waals surface area contributed by atoms with Crippen molar-refractivity contribution >= 4 is 17.2 Å². The summed E-state index contributed by atoms with van der Waals surface area (Å²) in [7, 11) is 0. The summed E-state index contributed by atoms with van der Waals surface area (Å²) in [6, 6.07) is 10.3. The Morgan fingerprint density at radius 1 is 1.06 bits per heavy atom. The van der Waals surface area contributed by atoms with Gasteiger partial charge < -0.3 is 9.80 Å². The molecule has 1 saturated heterocycles. The van der Waals surface area contributed by atoms with Crippen LogP contribution in [-0.4, -0.2) is 55.5 Å². The number of carbonyl (C=O) groups excluding carboxylic acids is 1. The van der Waals surface area contributed by atoms with Gasteiger partial charge in [0.15, 0.2) is 12.1 Å². The lowest BCUT2D eigenvalue weighted by Crippen LogP contribution is -2.55. The number of para-hydroxylation sites is 1. The van der Waals surface area contributed by atoms with E-state index >= 15 is 0 Å². The summed E-state index contributed by atoms with van der Waals surface area (Å²) >= 11 is 0. The van der Waals surface area contributed by atoms with Crippen LogP contribution >= 0.6 is 0 Å². The van der Waals surface area contributed by atoms with E-state index in [1.54, 1.807) is 6.07 Å². The van der Waals surface area contributed by atoms with Gasteiger partial charge in [-0.1, -0.05) is 12.1 Å². The summed E-state index contributed by atoms with van der Waals surface area (Å²) in [5, 5.41) is 0. The number of halogens is 5. The molecule has 0 aliphatic carbocycles. The summed E-state index contributed by atoms with van der Waals surface area (Å²) in [6.45, 7) is 1.79. The molecule has 3 atom stereocenters. The zero-order valence-corrected chi connectivity index (χ0v) is 17.9. The number of alkyl halides is 4. The Morgan fingerprint density at radius 3 is 2.55 bits per heavy atom. The number of hydrogen-bond donors (Lipinski definition) is 0. The van der Waals surface area contributed by atoms with Gasteiger partial charge in [-0.05, 0) is 55.3 Å². The molecule has 0 radical (unpaired) electrons. The zero-order chi connectivity index (χ0) is 23.3. The lowest BCUT2D eigenvalue weighted by atomic mass is 9.89. The fourth-order valence-corrected chi connectivity index (χ4v) is 5.57. The Balaban J connectivity index is 1.27. The molecular weight excluding hydrogens is 441 g/mol. The van der Waals surface area contributed by atoms with Crippen molar-refractivity contribution in [2.45, 2.75) is 43.8 Å². The van der Waals surface area contributed by atoms with E-state index < -0.39 is 12.6 Å². The van der Waals surface area contributed by atoms with E-state index in [4.69, 9.17) is 0 Å². The van der Waals surface area contributed by atoms with E-state index in [2.05, 4.69) is 4.90 Å². The van der Waals surface area contributed by atoms with Gasteiger partial charge in [-0.15, -0.1) is 13.2 Å². The highest BCUT2D eigenvalue weighted by Gasteiger charge is 2.52. The first-order chi connectivity index (χ1) is 15.7. The van der Waals surface area contributed by atoms with Gasteiger partial charge in [0.05, 0.1) is 17.9 Å². The minimum Gasteiger partial charge on any atom is -0.361 e.